The number of nitrogens with zero attached hydrogens (tertiary/aromatic N) is 2. The number of likely N-dealkylation sites (tertiary alicyclic amines) is 1. The normalized spacial score (nSPS) is 34.9. The van der Waals surface area contributed by atoms with E-state index in [1.54, 1.807) is 55.5 Å². The van der Waals surface area contributed by atoms with Crippen molar-refractivity contribution in [3.05, 3.63) is 53.6 Å². The Bertz CT molecular complexity index is 1130. The Morgan fingerprint density at radius 2 is 1.86 bits per heavy atom. The average molecular weight is 501 g/mol. The van der Waals surface area contributed by atoms with Crippen molar-refractivity contribution in [2.45, 2.75) is 44.1 Å². The molecule has 186 valence electrons. The van der Waals surface area contributed by atoms with Gasteiger partial charge in [-0.25, -0.2) is 0 Å². The topological polar surface area (TPSA) is 96.4 Å². The fourth-order valence-electron chi connectivity index (χ4n) is 6.16. The first-order chi connectivity index (χ1) is 16.7. The van der Waals surface area contributed by atoms with Crippen LogP contribution in [0.5, 0.6) is 0 Å². The van der Waals surface area contributed by atoms with Gasteiger partial charge in [-0.3, -0.25) is 14.4 Å². The van der Waals surface area contributed by atoms with E-state index in [9.17, 15) is 19.5 Å². The number of fused-ring (bicyclic) bond motifs is 2. The molecule has 2 fully saturated rings. The summed E-state index contributed by atoms with van der Waals surface area (Å²) in [5.74, 6) is -3.38. The molecule has 1 aromatic carbocycles. The van der Waals surface area contributed by atoms with Crippen LogP contribution in [0.2, 0.25) is 5.02 Å². The number of hydrogen-bond donors (Lipinski definition) is 1. The van der Waals surface area contributed by atoms with Crippen LogP contribution in [0.1, 0.15) is 20.8 Å². The molecule has 2 saturated heterocycles. The van der Waals surface area contributed by atoms with Crippen molar-refractivity contribution in [2.24, 2.45) is 17.8 Å². The summed E-state index contributed by atoms with van der Waals surface area (Å²) >= 11 is 6.45. The van der Waals surface area contributed by atoms with Crippen LogP contribution in [0.4, 0.5) is 5.69 Å². The van der Waals surface area contributed by atoms with Crippen molar-refractivity contribution < 1.29 is 29.0 Å². The molecule has 4 heterocycles. The molecular formula is C26H29ClN2O6. The first kappa shape index (κ1) is 24.0. The Balaban J connectivity index is 1.71. The Kier molecular flexibility index (Phi) is 5.81. The monoisotopic (exact) mass is 500 g/mol. The highest BCUT2D eigenvalue weighted by Gasteiger charge is 2.75. The molecule has 6 atom stereocenters. The SMILES string of the molecule is CC(C)[C@H](CO)N1C(=O)[C@@H]2[C@@H]3C(=O)OCC=C[C@]3(C)O[C@@]23C=CCN(c2ccccc2Cl)C(=O)C13. The Morgan fingerprint density at radius 3 is 2.54 bits per heavy atom. The fourth-order valence-corrected chi connectivity index (χ4v) is 6.40. The third-order valence-electron chi connectivity index (χ3n) is 7.71. The summed E-state index contributed by atoms with van der Waals surface area (Å²) in [7, 11) is 0. The van der Waals surface area contributed by atoms with Crippen LogP contribution in [0.3, 0.4) is 0 Å². The maximum absolute atomic E-state index is 14.3. The van der Waals surface area contributed by atoms with E-state index in [0.29, 0.717) is 10.7 Å². The van der Waals surface area contributed by atoms with Crippen LogP contribution in [0, 0.1) is 17.8 Å². The molecule has 1 aromatic rings. The lowest BCUT2D eigenvalue weighted by Crippen LogP contribution is -2.59. The first-order valence-corrected chi connectivity index (χ1v) is 12.2. The number of aliphatic hydroxyl groups excluding tert-OH is 1. The largest absolute Gasteiger partial charge is 0.461 e. The van der Waals surface area contributed by atoms with Crippen molar-refractivity contribution in [1.82, 2.24) is 4.90 Å². The van der Waals surface area contributed by atoms with Crippen LogP contribution >= 0.6 is 11.6 Å². The van der Waals surface area contributed by atoms with Crippen LogP contribution in [0.25, 0.3) is 0 Å². The second-order valence-corrected chi connectivity index (χ2v) is 10.5. The second-order valence-electron chi connectivity index (χ2n) is 10.1. The molecule has 0 saturated carbocycles. The van der Waals surface area contributed by atoms with Crippen molar-refractivity contribution in [1.29, 1.82) is 0 Å². The summed E-state index contributed by atoms with van der Waals surface area (Å²) < 4.78 is 12.0. The number of cyclic esters (lactones) is 1. The summed E-state index contributed by atoms with van der Waals surface area (Å²) in [6, 6.07) is 5.27. The minimum absolute atomic E-state index is 0.0929. The summed E-state index contributed by atoms with van der Waals surface area (Å²) in [6.45, 7) is 5.49. The first-order valence-electron chi connectivity index (χ1n) is 11.9. The number of para-hydroxylation sites is 1. The van der Waals surface area contributed by atoms with E-state index in [4.69, 9.17) is 21.1 Å². The Hall–Kier alpha value is -2.68. The van der Waals surface area contributed by atoms with Gasteiger partial charge in [-0.1, -0.05) is 55.8 Å². The van der Waals surface area contributed by atoms with Crippen LogP contribution in [0.15, 0.2) is 48.6 Å². The fraction of sp³-hybridized carbons (Fsp3) is 0.500. The number of benzene rings is 1. The number of anilines is 1. The number of carbonyl (C=O) groups excluding carboxylic acids is 3. The van der Waals surface area contributed by atoms with Crippen LogP contribution < -0.4 is 4.90 Å². The Morgan fingerprint density at radius 1 is 1.11 bits per heavy atom. The van der Waals surface area contributed by atoms with Gasteiger partial charge in [-0.05, 0) is 31.1 Å². The molecule has 5 rings (SSSR count). The van der Waals surface area contributed by atoms with Crippen LogP contribution in [-0.4, -0.2) is 70.8 Å². The molecular weight excluding hydrogens is 472 g/mol. The molecule has 1 N–H and O–H groups in total. The molecule has 9 heteroatoms. The summed E-state index contributed by atoms with van der Waals surface area (Å²) in [5, 5.41) is 10.7. The van der Waals surface area contributed by atoms with E-state index in [-0.39, 0.29) is 31.6 Å². The van der Waals surface area contributed by atoms with E-state index in [2.05, 4.69) is 0 Å². The number of hydrogen-bond acceptors (Lipinski definition) is 6. The smallest absolute Gasteiger partial charge is 0.313 e. The standard InChI is InChI=1S/C26H29ClN2O6/c1-15(2)18(14-30)29-21-23(32)28(17-9-5-4-8-16(17)27)12-6-11-26(21)19(22(29)31)20-24(33)34-13-7-10-25(20,3)35-26/h4-11,15,18-21,30H,12-14H2,1-3H3/t18-,19-,20+,21?,25-,26-/m0/s1. The van der Waals surface area contributed by atoms with Crippen molar-refractivity contribution >= 4 is 35.1 Å². The number of carbonyl (C=O) groups is 3. The van der Waals surface area contributed by atoms with Gasteiger partial charge < -0.3 is 24.4 Å². The van der Waals surface area contributed by atoms with E-state index in [0.717, 1.165) is 0 Å². The molecule has 4 aliphatic rings. The third kappa shape index (κ3) is 3.37. The van der Waals surface area contributed by atoms with Gasteiger partial charge in [0.05, 0.1) is 34.9 Å². The zero-order valence-electron chi connectivity index (χ0n) is 19.9. The van der Waals surface area contributed by atoms with Gasteiger partial charge >= 0.3 is 5.97 Å². The number of halogens is 1. The van der Waals surface area contributed by atoms with Gasteiger partial charge in [0.15, 0.2) is 0 Å². The van der Waals surface area contributed by atoms with E-state index >= 15 is 0 Å². The van der Waals surface area contributed by atoms with Crippen molar-refractivity contribution in [2.75, 3.05) is 24.7 Å². The molecule has 1 unspecified atom stereocenters. The molecule has 0 radical (unpaired) electrons. The minimum atomic E-state index is -1.41. The molecule has 35 heavy (non-hydrogen) atoms. The molecule has 0 bridgehead atoms. The van der Waals surface area contributed by atoms with E-state index in [1.807, 2.05) is 13.8 Å². The average Bonchev–Trinajstić information content (AvgIpc) is 3.06. The van der Waals surface area contributed by atoms with Gasteiger partial charge in [0.25, 0.3) is 5.91 Å². The maximum atomic E-state index is 14.3. The van der Waals surface area contributed by atoms with E-state index in [1.165, 1.54) is 9.80 Å². The maximum Gasteiger partial charge on any atom is 0.313 e. The number of aliphatic hydroxyl groups is 1. The predicted molar refractivity (Wildman–Crippen MR) is 129 cm³/mol. The lowest BCUT2D eigenvalue weighted by Gasteiger charge is -2.41. The number of esters is 1. The minimum Gasteiger partial charge on any atom is -0.461 e. The lowest BCUT2D eigenvalue weighted by atomic mass is 9.75. The summed E-state index contributed by atoms with van der Waals surface area (Å²) in [4.78, 5) is 44.6. The Labute approximate surface area is 209 Å². The molecule has 0 aromatic heterocycles. The summed E-state index contributed by atoms with van der Waals surface area (Å²) in [6.07, 6.45) is 7.00. The predicted octanol–water partition coefficient (Wildman–Crippen LogP) is 2.34. The van der Waals surface area contributed by atoms with Gasteiger partial charge in [-0.2, -0.15) is 0 Å². The van der Waals surface area contributed by atoms with Gasteiger partial charge in [-0.15, -0.1) is 0 Å². The third-order valence-corrected chi connectivity index (χ3v) is 8.03. The van der Waals surface area contributed by atoms with Crippen molar-refractivity contribution in [3.8, 4) is 0 Å². The van der Waals surface area contributed by atoms with E-state index < -0.39 is 47.0 Å². The highest BCUT2D eigenvalue weighted by molar-refractivity contribution is 6.34. The number of rotatable bonds is 4. The molecule has 0 aliphatic carbocycles. The van der Waals surface area contributed by atoms with Crippen LogP contribution in [-0.2, 0) is 23.9 Å². The molecule has 2 amide bonds. The highest BCUT2D eigenvalue weighted by Crippen LogP contribution is 2.58. The van der Waals surface area contributed by atoms with Gasteiger partial charge in [0.2, 0.25) is 5.91 Å². The zero-order chi connectivity index (χ0) is 25.1. The molecule has 8 nitrogen and oxygen atoms in total. The number of ether oxygens (including phenoxy) is 2. The van der Waals surface area contributed by atoms with Gasteiger partial charge in [0.1, 0.15) is 24.2 Å². The molecule has 1 spiro atoms. The second kappa shape index (κ2) is 8.47. The quantitative estimate of drug-likeness (QED) is 0.503. The van der Waals surface area contributed by atoms with Crippen molar-refractivity contribution in [3.63, 3.8) is 0 Å². The lowest BCUT2D eigenvalue weighted by molar-refractivity contribution is -0.158. The summed E-state index contributed by atoms with van der Waals surface area (Å²) in [5.41, 5.74) is -2.03. The molecule has 4 aliphatic heterocycles. The number of amides is 2. The van der Waals surface area contributed by atoms with Gasteiger partial charge in [0, 0.05) is 6.54 Å². The zero-order valence-corrected chi connectivity index (χ0v) is 20.6. The highest BCUT2D eigenvalue weighted by atomic mass is 35.5.